The Kier molecular flexibility index (Phi) is 5.66. The molecule has 0 unspecified atom stereocenters. The summed E-state index contributed by atoms with van der Waals surface area (Å²) in [4.78, 5) is 13.7. The van der Waals surface area contributed by atoms with E-state index < -0.39 is 11.2 Å². The molecule has 1 amide bonds. The highest BCUT2D eigenvalue weighted by atomic mass is 35.5. The SMILES string of the molecule is Cc1ccc(NCC2(O)CCN(C(=O)OC(C)(C)C)CC2)c(Cl)c1. The average molecular weight is 355 g/mol. The lowest BCUT2D eigenvalue weighted by molar-refractivity contribution is -0.0244. The first-order chi connectivity index (χ1) is 11.1. The number of aryl methyl sites for hydroxylation is 1. The standard InChI is InChI=1S/C18H27ClN2O3/c1-13-5-6-15(14(19)11-13)20-12-18(23)7-9-21(10-8-18)16(22)24-17(2,3)4/h5-6,11,20,23H,7-10,12H2,1-4H3. The molecular weight excluding hydrogens is 328 g/mol. The van der Waals surface area contributed by atoms with E-state index in [0.717, 1.165) is 11.3 Å². The van der Waals surface area contributed by atoms with E-state index in [9.17, 15) is 9.90 Å². The van der Waals surface area contributed by atoms with E-state index in [0.29, 0.717) is 37.5 Å². The number of rotatable bonds is 3. The third-order valence-electron chi connectivity index (χ3n) is 4.08. The van der Waals surface area contributed by atoms with Crippen LogP contribution in [0.15, 0.2) is 18.2 Å². The number of benzene rings is 1. The fourth-order valence-electron chi connectivity index (χ4n) is 2.63. The number of ether oxygens (including phenoxy) is 1. The monoisotopic (exact) mass is 354 g/mol. The number of hydrogen-bond acceptors (Lipinski definition) is 4. The predicted molar refractivity (Wildman–Crippen MR) is 96.7 cm³/mol. The van der Waals surface area contributed by atoms with Crippen LogP contribution in [0.1, 0.15) is 39.2 Å². The van der Waals surface area contributed by atoms with E-state index in [-0.39, 0.29) is 6.09 Å². The molecule has 0 aliphatic carbocycles. The number of carbonyl (C=O) groups excluding carboxylic acids is 1. The predicted octanol–water partition coefficient (Wildman–Crippen LogP) is 3.82. The Morgan fingerprint density at radius 2 is 2.00 bits per heavy atom. The van der Waals surface area contributed by atoms with Crippen molar-refractivity contribution in [3.63, 3.8) is 0 Å². The topological polar surface area (TPSA) is 61.8 Å². The summed E-state index contributed by atoms with van der Waals surface area (Å²) in [6, 6.07) is 5.78. The van der Waals surface area contributed by atoms with Crippen molar-refractivity contribution < 1.29 is 14.6 Å². The average Bonchev–Trinajstić information content (AvgIpc) is 2.45. The number of aliphatic hydroxyl groups is 1. The van der Waals surface area contributed by atoms with E-state index in [1.807, 2.05) is 45.9 Å². The third kappa shape index (κ3) is 5.28. The van der Waals surface area contributed by atoms with Gasteiger partial charge in [0, 0.05) is 19.6 Å². The second kappa shape index (κ2) is 7.19. The summed E-state index contributed by atoms with van der Waals surface area (Å²) in [7, 11) is 0. The summed E-state index contributed by atoms with van der Waals surface area (Å²) in [6.07, 6.45) is 0.685. The van der Waals surface area contributed by atoms with Crippen molar-refractivity contribution >= 4 is 23.4 Å². The summed E-state index contributed by atoms with van der Waals surface area (Å²) in [6.45, 7) is 8.89. The van der Waals surface area contributed by atoms with Crippen LogP contribution in [0, 0.1) is 6.92 Å². The van der Waals surface area contributed by atoms with Crippen LogP contribution < -0.4 is 5.32 Å². The number of halogens is 1. The first-order valence-corrected chi connectivity index (χ1v) is 8.66. The molecule has 1 aromatic carbocycles. The van der Waals surface area contributed by atoms with Gasteiger partial charge in [-0.05, 0) is 58.2 Å². The minimum atomic E-state index is -0.854. The highest BCUT2D eigenvalue weighted by Gasteiger charge is 2.35. The fraction of sp³-hybridized carbons (Fsp3) is 0.611. The van der Waals surface area contributed by atoms with Crippen LogP contribution in [-0.4, -0.2) is 46.9 Å². The van der Waals surface area contributed by atoms with Crippen molar-refractivity contribution in [2.45, 2.75) is 51.7 Å². The molecule has 24 heavy (non-hydrogen) atoms. The Hall–Kier alpha value is -1.46. The lowest BCUT2D eigenvalue weighted by atomic mass is 9.91. The van der Waals surface area contributed by atoms with Gasteiger partial charge in [-0.1, -0.05) is 17.7 Å². The molecule has 0 radical (unpaired) electrons. The van der Waals surface area contributed by atoms with Crippen molar-refractivity contribution in [2.75, 3.05) is 25.0 Å². The second-order valence-corrected chi connectivity index (χ2v) is 7.94. The molecule has 1 aliphatic heterocycles. The number of piperidine rings is 1. The maximum absolute atomic E-state index is 12.1. The minimum Gasteiger partial charge on any atom is -0.444 e. The van der Waals surface area contributed by atoms with Crippen LogP contribution in [0.2, 0.25) is 5.02 Å². The molecule has 134 valence electrons. The number of amides is 1. The highest BCUT2D eigenvalue weighted by Crippen LogP contribution is 2.27. The van der Waals surface area contributed by atoms with Crippen molar-refractivity contribution in [1.29, 1.82) is 0 Å². The summed E-state index contributed by atoms with van der Waals surface area (Å²) in [5.41, 5.74) is 0.543. The van der Waals surface area contributed by atoms with Gasteiger partial charge in [0.25, 0.3) is 0 Å². The Balaban J connectivity index is 1.87. The summed E-state index contributed by atoms with van der Waals surface area (Å²) in [5.74, 6) is 0. The minimum absolute atomic E-state index is 0.320. The lowest BCUT2D eigenvalue weighted by Gasteiger charge is -2.38. The highest BCUT2D eigenvalue weighted by molar-refractivity contribution is 6.33. The van der Waals surface area contributed by atoms with Gasteiger partial charge in [-0.25, -0.2) is 4.79 Å². The van der Waals surface area contributed by atoms with Gasteiger partial charge < -0.3 is 20.1 Å². The molecule has 2 rings (SSSR count). The molecule has 0 aromatic heterocycles. The van der Waals surface area contributed by atoms with E-state index in [4.69, 9.17) is 16.3 Å². The number of nitrogens with one attached hydrogen (secondary N) is 1. The Morgan fingerprint density at radius 1 is 1.38 bits per heavy atom. The summed E-state index contributed by atoms with van der Waals surface area (Å²) < 4.78 is 5.37. The lowest BCUT2D eigenvalue weighted by Crippen LogP contribution is -2.50. The largest absolute Gasteiger partial charge is 0.444 e. The number of hydrogen-bond donors (Lipinski definition) is 2. The zero-order chi connectivity index (χ0) is 18.0. The second-order valence-electron chi connectivity index (χ2n) is 7.53. The zero-order valence-corrected chi connectivity index (χ0v) is 15.6. The maximum atomic E-state index is 12.1. The Labute approximate surface area is 148 Å². The molecule has 1 saturated heterocycles. The van der Waals surface area contributed by atoms with Gasteiger partial charge in [-0.15, -0.1) is 0 Å². The number of carbonyl (C=O) groups is 1. The van der Waals surface area contributed by atoms with E-state index in [1.54, 1.807) is 4.90 Å². The van der Waals surface area contributed by atoms with E-state index >= 15 is 0 Å². The molecule has 0 bridgehead atoms. The van der Waals surface area contributed by atoms with E-state index in [2.05, 4.69) is 5.32 Å². The van der Waals surface area contributed by atoms with Gasteiger partial charge in [0.1, 0.15) is 5.60 Å². The van der Waals surface area contributed by atoms with Gasteiger partial charge in [0.05, 0.1) is 16.3 Å². The van der Waals surface area contributed by atoms with Crippen LogP contribution >= 0.6 is 11.6 Å². The fourth-order valence-corrected chi connectivity index (χ4v) is 2.93. The van der Waals surface area contributed by atoms with Gasteiger partial charge in [0.15, 0.2) is 0 Å². The van der Waals surface area contributed by atoms with Crippen LogP contribution in [0.4, 0.5) is 10.5 Å². The smallest absolute Gasteiger partial charge is 0.410 e. The molecule has 5 nitrogen and oxygen atoms in total. The molecule has 1 heterocycles. The first-order valence-electron chi connectivity index (χ1n) is 8.28. The molecule has 0 spiro atoms. The normalized spacial score (nSPS) is 17.5. The van der Waals surface area contributed by atoms with Crippen molar-refractivity contribution in [3.8, 4) is 0 Å². The van der Waals surface area contributed by atoms with Crippen LogP contribution in [-0.2, 0) is 4.74 Å². The molecular formula is C18H27ClN2O3. The summed E-state index contributed by atoms with van der Waals surface area (Å²) >= 11 is 6.21. The molecule has 1 aromatic rings. The van der Waals surface area contributed by atoms with Crippen molar-refractivity contribution in [3.05, 3.63) is 28.8 Å². The number of anilines is 1. The van der Waals surface area contributed by atoms with Crippen molar-refractivity contribution in [2.24, 2.45) is 0 Å². The van der Waals surface area contributed by atoms with Crippen LogP contribution in [0.25, 0.3) is 0 Å². The molecule has 1 fully saturated rings. The van der Waals surface area contributed by atoms with Gasteiger partial charge in [-0.2, -0.15) is 0 Å². The maximum Gasteiger partial charge on any atom is 0.410 e. The van der Waals surface area contributed by atoms with Crippen molar-refractivity contribution in [1.82, 2.24) is 4.90 Å². The molecule has 0 saturated carbocycles. The quantitative estimate of drug-likeness (QED) is 0.866. The third-order valence-corrected chi connectivity index (χ3v) is 4.39. The number of likely N-dealkylation sites (tertiary alicyclic amines) is 1. The van der Waals surface area contributed by atoms with Gasteiger partial charge in [0.2, 0.25) is 0 Å². The summed E-state index contributed by atoms with van der Waals surface area (Å²) in [5, 5.41) is 14.6. The zero-order valence-electron chi connectivity index (χ0n) is 14.9. The molecule has 1 aliphatic rings. The first kappa shape index (κ1) is 18.9. The Morgan fingerprint density at radius 3 is 2.54 bits per heavy atom. The van der Waals surface area contributed by atoms with Crippen LogP contribution in [0.5, 0.6) is 0 Å². The van der Waals surface area contributed by atoms with Gasteiger partial charge in [-0.3, -0.25) is 0 Å². The molecule has 6 heteroatoms. The number of nitrogens with zero attached hydrogens (tertiary/aromatic N) is 1. The molecule has 2 N–H and O–H groups in total. The van der Waals surface area contributed by atoms with Crippen LogP contribution in [0.3, 0.4) is 0 Å². The van der Waals surface area contributed by atoms with E-state index in [1.165, 1.54) is 0 Å². The van der Waals surface area contributed by atoms with Gasteiger partial charge >= 0.3 is 6.09 Å². The molecule has 0 atom stereocenters. The Bertz CT molecular complexity index is 590.